The van der Waals surface area contributed by atoms with Crippen LogP contribution in [-0.4, -0.2) is 17.4 Å². The van der Waals surface area contributed by atoms with Crippen molar-refractivity contribution in [3.05, 3.63) is 59.5 Å². The first kappa shape index (κ1) is 14.0. The summed E-state index contributed by atoms with van der Waals surface area (Å²) in [6.07, 6.45) is 1.63. The zero-order valence-electron chi connectivity index (χ0n) is 11.2. The number of hydrogen-bond donors (Lipinski definition) is 2. The molecule has 0 atom stereocenters. The van der Waals surface area contributed by atoms with Crippen molar-refractivity contribution < 1.29 is 9.18 Å². The molecule has 2 N–H and O–H groups in total. The van der Waals surface area contributed by atoms with Crippen LogP contribution in [0, 0.1) is 5.82 Å². The van der Waals surface area contributed by atoms with Gasteiger partial charge < -0.3 is 10.6 Å². The van der Waals surface area contributed by atoms with E-state index in [4.69, 9.17) is 0 Å². The molecule has 1 heterocycles. The van der Waals surface area contributed by atoms with Gasteiger partial charge in [0.1, 0.15) is 11.6 Å². The van der Waals surface area contributed by atoms with Gasteiger partial charge in [0.05, 0.1) is 5.56 Å². The first-order valence-corrected chi connectivity index (χ1v) is 6.42. The number of rotatable bonds is 5. The number of aromatic nitrogens is 1. The summed E-state index contributed by atoms with van der Waals surface area (Å²) in [5.41, 5.74) is 1.19. The summed E-state index contributed by atoms with van der Waals surface area (Å²) < 4.78 is 13.0. The van der Waals surface area contributed by atoms with E-state index in [0.29, 0.717) is 23.5 Å². The Balaban J connectivity index is 2.05. The second-order valence-electron chi connectivity index (χ2n) is 4.24. The summed E-state index contributed by atoms with van der Waals surface area (Å²) >= 11 is 0. The Labute approximate surface area is 117 Å². The number of amides is 1. The standard InChI is InChI=1S/C15H16FN3O/c1-2-17-14-13(7-4-8-18-14)15(20)19-10-11-5-3-6-12(16)9-11/h3-9H,2,10H2,1H3,(H,17,18)(H,19,20). The number of pyridine rings is 1. The fourth-order valence-corrected chi connectivity index (χ4v) is 1.82. The zero-order chi connectivity index (χ0) is 14.4. The van der Waals surface area contributed by atoms with E-state index in [-0.39, 0.29) is 18.3 Å². The first-order valence-electron chi connectivity index (χ1n) is 6.42. The van der Waals surface area contributed by atoms with Gasteiger partial charge in [0.25, 0.3) is 5.91 Å². The van der Waals surface area contributed by atoms with E-state index in [1.165, 1.54) is 12.1 Å². The third-order valence-corrected chi connectivity index (χ3v) is 2.74. The van der Waals surface area contributed by atoms with E-state index < -0.39 is 0 Å². The average molecular weight is 273 g/mol. The number of nitrogens with one attached hydrogen (secondary N) is 2. The topological polar surface area (TPSA) is 54.0 Å². The van der Waals surface area contributed by atoms with Crippen LogP contribution in [0.3, 0.4) is 0 Å². The fraction of sp³-hybridized carbons (Fsp3) is 0.200. The Hall–Kier alpha value is -2.43. The van der Waals surface area contributed by atoms with E-state index in [9.17, 15) is 9.18 Å². The summed E-state index contributed by atoms with van der Waals surface area (Å²) in [7, 11) is 0. The maximum atomic E-state index is 13.0. The molecule has 2 aromatic rings. The summed E-state index contributed by atoms with van der Waals surface area (Å²) in [6.45, 7) is 2.89. The van der Waals surface area contributed by atoms with Crippen molar-refractivity contribution in [1.29, 1.82) is 0 Å². The summed E-state index contributed by atoms with van der Waals surface area (Å²) in [5, 5.41) is 5.79. The quantitative estimate of drug-likeness (QED) is 0.880. The second kappa shape index (κ2) is 6.65. The van der Waals surface area contributed by atoms with Crippen LogP contribution >= 0.6 is 0 Å². The largest absolute Gasteiger partial charge is 0.370 e. The van der Waals surface area contributed by atoms with Crippen molar-refractivity contribution in [3.8, 4) is 0 Å². The van der Waals surface area contributed by atoms with Crippen LogP contribution < -0.4 is 10.6 Å². The lowest BCUT2D eigenvalue weighted by Gasteiger charge is -2.10. The van der Waals surface area contributed by atoms with E-state index in [2.05, 4.69) is 15.6 Å². The second-order valence-corrected chi connectivity index (χ2v) is 4.24. The number of benzene rings is 1. The van der Waals surface area contributed by atoms with Crippen molar-refractivity contribution >= 4 is 11.7 Å². The van der Waals surface area contributed by atoms with Crippen molar-refractivity contribution in [3.63, 3.8) is 0 Å². The molecule has 20 heavy (non-hydrogen) atoms. The highest BCUT2D eigenvalue weighted by atomic mass is 19.1. The van der Waals surface area contributed by atoms with E-state index >= 15 is 0 Å². The zero-order valence-corrected chi connectivity index (χ0v) is 11.2. The molecular weight excluding hydrogens is 257 g/mol. The van der Waals surface area contributed by atoms with Gasteiger partial charge in [-0.05, 0) is 36.8 Å². The van der Waals surface area contributed by atoms with Gasteiger partial charge in [-0.25, -0.2) is 9.37 Å². The minimum absolute atomic E-state index is 0.238. The molecule has 0 unspecified atom stereocenters. The van der Waals surface area contributed by atoms with Crippen LogP contribution in [0.5, 0.6) is 0 Å². The van der Waals surface area contributed by atoms with Crippen LogP contribution in [0.2, 0.25) is 0 Å². The van der Waals surface area contributed by atoms with Gasteiger partial charge in [-0.1, -0.05) is 12.1 Å². The molecular formula is C15H16FN3O. The smallest absolute Gasteiger partial charge is 0.255 e. The number of carbonyl (C=O) groups excluding carboxylic acids is 1. The SMILES string of the molecule is CCNc1ncccc1C(=O)NCc1cccc(F)c1. The van der Waals surface area contributed by atoms with Gasteiger partial charge in [0, 0.05) is 19.3 Å². The highest BCUT2D eigenvalue weighted by Gasteiger charge is 2.11. The van der Waals surface area contributed by atoms with E-state index in [0.717, 1.165) is 0 Å². The van der Waals surface area contributed by atoms with Crippen LogP contribution in [-0.2, 0) is 6.54 Å². The maximum Gasteiger partial charge on any atom is 0.255 e. The van der Waals surface area contributed by atoms with E-state index in [1.54, 1.807) is 30.5 Å². The molecule has 4 nitrogen and oxygen atoms in total. The maximum absolute atomic E-state index is 13.0. The number of halogens is 1. The third kappa shape index (κ3) is 3.54. The molecule has 104 valence electrons. The Morgan fingerprint density at radius 2 is 2.15 bits per heavy atom. The molecule has 1 aromatic heterocycles. The number of nitrogens with zero attached hydrogens (tertiary/aromatic N) is 1. The average Bonchev–Trinajstić information content (AvgIpc) is 2.46. The molecule has 5 heteroatoms. The minimum atomic E-state index is -0.313. The molecule has 1 amide bonds. The molecule has 2 rings (SSSR count). The van der Waals surface area contributed by atoms with Gasteiger partial charge in [-0.15, -0.1) is 0 Å². The third-order valence-electron chi connectivity index (χ3n) is 2.74. The van der Waals surface area contributed by atoms with Gasteiger partial charge in [-0.3, -0.25) is 4.79 Å². The lowest BCUT2D eigenvalue weighted by atomic mass is 10.2. The molecule has 0 bridgehead atoms. The number of anilines is 1. The predicted molar refractivity (Wildman–Crippen MR) is 76.0 cm³/mol. The highest BCUT2D eigenvalue weighted by Crippen LogP contribution is 2.11. The van der Waals surface area contributed by atoms with Crippen LogP contribution in [0.15, 0.2) is 42.6 Å². The summed E-state index contributed by atoms with van der Waals surface area (Å²) in [5.74, 6) is -0.00322. The molecule has 0 aliphatic carbocycles. The number of carbonyl (C=O) groups is 1. The van der Waals surface area contributed by atoms with Gasteiger partial charge >= 0.3 is 0 Å². The summed E-state index contributed by atoms with van der Waals surface area (Å²) in [4.78, 5) is 16.2. The molecule has 0 saturated heterocycles. The Morgan fingerprint density at radius 3 is 2.90 bits per heavy atom. The Bertz CT molecular complexity index is 601. The molecule has 0 saturated carbocycles. The number of hydrogen-bond acceptors (Lipinski definition) is 3. The Kier molecular flexibility index (Phi) is 4.65. The van der Waals surface area contributed by atoms with Gasteiger partial charge in [-0.2, -0.15) is 0 Å². The van der Waals surface area contributed by atoms with E-state index in [1.807, 2.05) is 6.92 Å². The fourth-order valence-electron chi connectivity index (χ4n) is 1.82. The molecule has 0 spiro atoms. The Morgan fingerprint density at radius 1 is 1.30 bits per heavy atom. The van der Waals surface area contributed by atoms with Gasteiger partial charge in [0.2, 0.25) is 0 Å². The first-order chi connectivity index (χ1) is 9.70. The van der Waals surface area contributed by atoms with Crippen LogP contribution in [0.25, 0.3) is 0 Å². The van der Waals surface area contributed by atoms with Crippen LogP contribution in [0.1, 0.15) is 22.8 Å². The van der Waals surface area contributed by atoms with Crippen molar-refractivity contribution in [1.82, 2.24) is 10.3 Å². The highest BCUT2D eigenvalue weighted by molar-refractivity contribution is 5.98. The molecule has 0 fully saturated rings. The summed E-state index contributed by atoms with van der Waals surface area (Å²) in [6, 6.07) is 9.55. The monoisotopic (exact) mass is 273 g/mol. The van der Waals surface area contributed by atoms with Gasteiger partial charge in [0.15, 0.2) is 0 Å². The molecule has 1 aromatic carbocycles. The van der Waals surface area contributed by atoms with Crippen LogP contribution in [0.4, 0.5) is 10.2 Å². The van der Waals surface area contributed by atoms with Crippen molar-refractivity contribution in [2.45, 2.75) is 13.5 Å². The lowest BCUT2D eigenvalue weighted by molar-refractivity contribution is 0.0951. The molecule has 0 aliphatic rings. The lowest BCUT2D eigenvalue weighted by Crippen LogP contribution is -2.24. The minimum Gasteiger partial charge on any atom is -0.370 e. The predicted octanol–water partition coefficient (Wildman–Crippen LogP) is 2.58. The van der Waals surface area contributed by atoms with Crippen molar-refractivity contribution in [2.24, 2.45) is 0 Å². The molecule has 0 radical (unpaired) electrons. The normalized spacial score (nSPS) is 10.1. The van der Waals surface area contributed by atoms with Crippen molar-refractivity contribution in [2.75, 3.05) is 11.9 Å². The molecule has 0 aliphatic heterocycles.